The highest BCUT2D eigenvalue weighted by Crippen LogP contribution is 2.51. The molecule has 3 aliphatic rings. The van der Waals surface area contributed by atoms with Gasteiger partial charge in [-0.15, -0.1) is 0 Å². The van der Waals surface area contributed by atoms with Crippen LogP contribution in [0.1, 0.15) is 42.4 Å². The lowest BCUT2D eigenvalue weighted by Crippen LogP contribution is -2.24. The van der Waals surface area contributed by atoms with Crippen molar-refractivity contribution in [1.29, 1.82) is 0 Å². The summed E-state index contributed by atoms with van der Waals surface area (Å²) in [6.07, 6.45) is 13.5. The molecule has 0 N–H and O–H groups in total. The Balaban J connectivity index is 1.20. The highest BCUT2D eigenvalue weighted by Gasteiger charge is 2.27. The minimum atomic E-state index is 0.987. The van der Waals surface area contributed by atoms with Crippen LogP contribution >= 0.6 is 0 Å². The molecule has 0 radical (unpaired) electrons. The van der Waals surface area contributed by atoms with Crippen LogP contribution in [-0.4, -0.2) is 13.1 Å². The summed E-state index contributed by atoms with van der Waals surface area (Å²) in [6.45, 7) is 1.98. The molecule has 1 aliphatic carbocycles. The van der Waals surface area contributed by atoms with E-state index in [0.29, 0.717) is 0 Å². The summed E-state index contributed by atoms with van der Waals surface area (Å²) in [5, 5.41) is 10.1. The van der Waals surface area contributed by atoms with Crippen LogP contribution in [0.15, 0.2) is 206 Å². The van der Waals surface area contributed by atoms with E-state index in [4.69, 9.17) is 0 Å². The lowest BCUT2D eigenvalue weighted by atomic mass is 9.80. The van der Waals surface area contributed by atoms with Gasteiger partial charge in [-0.25, -0.2) is 0 Å². The van der Waals surface area contributed by atoms with E-state index < -0.39 is 0 Å². The minimum Gasteiger partial charge on any atom is -0.341 e. The quantitative estimate of drug-likeness (QED) is 0.154. The molecule has 0 saturated carbocycles. The molecule has 0 unspecified atom stereocenters. The van der Waals surface area contributed by atoms with Gasteiger partial charge in [0.05, 0.1) is 0 Å². The Kier molecular flexibility index (Phi) is 9.44. The number of rotatable bonds is 6. The second kappa shape index (κ2) is 16.1. The van der Waals surface area contributed by atoms with Gasteiger partial charge in [-0.2, -0.15) is 0 Å². The highest BCUT2D eigenvalue weighted by atomic mass is 15.1. The molecule has 0 amide bonds. The first-order chi connectivity index (χ1) is 32.7. The molecular weight excluding hydrogens is 797 g/mol. The lowest BCUT2D eigenvalue weighted by Gasteiger charge is -2.33. The Hall–Kier alpha value is -7.68. The van der Waals surface area contributed by atoms with Crippen molar-refractivity contribution in [2.24, 2.45) is 0 Å². The van der Waals surface area contributed by atoms with Crippen molar-refractivity contribution in [3.05, 3.63) is 223 Å². The Labute approximate surface area is 387 Å². The maximum atomic E-state index is 2.57. The molecule has 0 saturated heterocycles. The number of nitrogens with zero attached hydrogens (tertiary/aromatic N) is 2. The van der Waals surface area contributed by atoms with Gasteiger partial charge >= 0.3 is 0 Å². The van der Waals surface area contributed by atoms with Gasteiger partial charge in [0.25, 0.3) is 0 Å². The van der Waals surface area contributed by atoms with Crippen molar-refractivity contribution in [2.75, 3.05) is 22.9 Å². The Bertz CT molecular complexity index is 3610. The van der Waals surface area contributed by atoms with E-state index in [9.17, 15) is 0 Å². The van der Waals surface area contributed by atoms with Crippen LogP contribution in [0.3, 0.4) is 0 Å². The second-order valence-electron chi connectivity index (χ2n) is 18.5. The van der Waals surface area contributed by atoms with Gasteiger partial charge < -0.3 is 9.80 Å². The van der Waals surface area contributed by atoms with Crippen LogP contribution in [0.2, 0.25) is 0 Å². The molecule has 0 spiro atoms. The van der Waals surface area contributed by atoms with Crippen molar-refractivity contribution in [3.63, 3.8) is 0 Å². The smallest absolute Gasteiger partial charge is 0.0443 e. The monoisotopic (exact) mass is 846 g/mol. The third-order valence-electron chi connectivity index (χ3n) is 14.7. The molecule has 13 rings (SSSR count). The summed E-state index contributed by atoms with van der Waals surface area (Å²) in [5.74, 6) is 0. The van der Waals surface area contributed by atoms with Crippen molar-refractivity contribution in [3.8, 4) is 33.4 Å². The minimum absolute atomic E-state index is 0.987. The van der Waals surface area contributed by atoms with E-state index >= 15 is 0 Å². The van der Waals surface area contributed by atoms with E-state index in [1.807, 2.05) is 0 Å². The number of hydrogen-bond acceptors (Lipinski definition) is 2. The van der Waals surface area contributed by atoms with Crippen LogP contribution < -0.4 is 9.80 Å². The summed E-state index contributed by atoms with van der Waals surface area (Å²) < 4.78 is 0. The lowest BCUT2D eigenvalue weighted by molar-refractivity contribution is 0.767. The fourth-order valence-corrected chi connectivity index (χ4v) is 11.6. The SMILES string of the molecule is C1=CCCC(c2cc3ccccc3cc2-c2c3cc(N4CCCc5ccccc54)ccc3c(-c3cc4ccccc4cc3-c3ccccc3)c3cc(N4CCCc5ccccc54)ccc23)=C1. The summed E-state index contributed by atoms with van der Waals surface area (Å²) in [4.78, 5) is 5.14. The van der Waals surface area contributed by atoms with Crippen LogP contribution in [-0.2, 0) is 12.8 Å². The van der Waals surface area contributed by atoms with Gasteiger partial charge in [-0.3, -0.25) is 0 Å². The predicted octanol–water partition coefficient (Wildman–Crippen LogP) is 17.2. The number of allylic oxidation sites excluding steroid dienone is 4. The number of benzene rings is 10. The van der Waals surface area contributed by atoms with Crippen LogP contribution in [0.25, 0.3) is 82.0 Å². The topological polar surface area (TPSA) is 6.48 Å². The van der Waals surface area contributed by atoms with Crippen molar-refractivity contribution >= 4 is 71.4 Å². The molecule has 0 bridgehead atoms. The average Bonchev–Trinajstić information content (AvgIpc) is 3.39. The molecular formula is C64H50N2. The zero-order valence-corrected chi connectivity index (χ0v) is 37.2. The normalized spacial score (nSPS) is 14.8. The van der Waals surface area contributed by atoms with Gasteiger partial charge in [-0.05, 0) is 198 Å². The van der Waals surface area contributed by atoms with E-state index in [1.54, 1.807) is 0 Å². The summed E-state index contributed by atoms with van der Waals surface area (Å²) in [5.41, 5.74) is 18.3. The first kappa shape index (κ1) is 38.8. The van der Waals surface area contributed by atoms with Crippen LogP contribution in [0, 0.1) is 0 Å². The van der Waals surface area contributed by atoms with Crippen LogP contribution in [0.4, 0.5) is 22.7 Å². The van der Waals surface area contributed by atoms with Crippen LogP contribution in [0.5, 0.6) is 0 Å². The van der Waals surface area contributed by atoms with E-state index in [2.05, 4.69) is 216 Å². The largest absolute Gasteiger partial charge is 0.341 e. The predicted molar refractivity (Wildman–Crippen MR) is 283 cm³/mol. The molecule has 66 heavy (non-hydrogen) atoms. The Morgan fingerprint density at radius 3 is 1.36 bits per heavy atom. The van der Waals surface area contributed by atoms with Gasteiger partial charge in [0.1, 0.15) is 0 Å². The number of anilines is 4. The van der Waals surface area contributed by atoms with Gasteiger partial charge in [0.15, 0.2) is 0 Å². The molecule has 2 heteroatoms. The first-order valence-corrected chi connectivity index (χ1v) is 24.0. The van der Waals surface area contributed by atoms with E-state index in [0.717, 1.165) is 51.6 Å². The van der Waals surface area contributed by atoms with E-state index in [-0.39, 0.29) is 0 Å². The van der Waals surface area contributed by atoms with Crippen molar-refractivity contribution < 1.29 is 0 Å². The van der Waals surface area contributed by atoms with Crippen molar-refractivity contribution in [1.82, 2.24) is 0 Å². The number of para-hydroxylation sites is 2. The van der Waals surface area contributed by atoms with Gasteiger partial charge in [0.2, 0.25) is 0 Å². The average molecular weight is 847 g/mol. The summed E-state index contributed by atoms with van der Waals surface area (Å²) in [7, 11) is 0. The molecule has 0 aromatic heterocycles. The molecule has 0 atom stereocenters. The maximum absolute atomic E-state index is 2.57. The molecule has 0 fully saturated rings. The second-order valence-corrected chi connectivity index (χ2v) is 18.5. The van der Waals surface area contributed by atoms with Gasteiger partial charge in [-0.1, -0.05) is 146 Å². The Morgan fingerprint density at radius 1 is 0.364 bits per heavy atom. The first-order valence-electron chi connectivity index (χ1n) is 24.0. The van der Waals surface area contributed by atoms with Gasteiger partial charge in [0, 0.05) is 35.8 Å². The summed E-state index contributed by atoms with van der Waals surface area (Å²) in [6, 6.07) is 71.6. The standard InChI is InChI=1S/C64H50N2/c1-3-17-43(18-4-1)55-37-47-23-7-9-25-49(47)39-57(55)63-53-33-31-52(66-36-16-28-46-22-12-14-30-62(46)66)42-60(53)64(58-40-50-26-10-8-24-48(50)38-56(58)44-19-5-2-6-20-44)54-34-32-51(41-59(54)63)65-35-15-27-45-21-11-13-29-61(45)65/h1-5,7-14,17-19,21-26,29-34,37-42H,6,15-16,20,27-28,35-36H2. The molecule has 10 aromatic carbocycles. The number of fused-ring (bicyclic) bond motifs is 6. The number of hydrogen-bond donors (Lipinski definition) is 0. The fraction of sp³-hybridized carbons (Fsp3) is 0.125. The summed E-state index contributed by atoms with van der Waals surface area (Å²) >= 11 is 0. The molecule has 2 heterocycles. The highest BCUT2D eigenvalue weighted by molar-refractivity contribution is 6.25. The molecule has 2 nitrogen and oxygen atoms in total. The third-order valence-corrected chi connectivity index (χ3v) is 14.7. The fourth-order valence-electron chi connectivity index (χ4n) is 11.6. The molecule has 316 valence electrons. The third kappa shape index (κ3) is 6.54. The number of aryl methyl sites for hydroxylation is 2. The maximum Gasteiger partial charge on any atom is 0.0443 e. The molecule has 2 aliphatic heterocycles. The molecule has 10 aromatic rings. The van der Waals surface area contributed by atoms with Crippen molar-refractivity contribution in [2.45, 2.75) is 38.5 Å². The van der Waals surface area contributed by atoms with E-state index in [1.165, 1.54) is 121 Å². The zero-order valence-electron chi connectivity index (χ0n) is 37.2. The Morgan fingerprint density at radius 2 is 0.833 bits per heavy atom. The zero-order chi connectivity index (χ0) is 43.6.